The smallest absolute Gasteiger partial charge is 0.142 e. The van der Waals surface area contributed by atoms with Gasteiger partial charge in [-0.1, -0.05) is 6.07 Å². The fourth-order valence-corrected chi connectivity index (χ4v) is 2.68. The van der Waals surface area contributed by atoms with Crippen molar-refractivity contribution in [3.8, 4) is 5.75 Å². The molecule has 1 aromatic carbocycles. The minimum Gasteiger partial charge on any atom is -0.489 e. The highest BCUT2D eigenvalue weighted by atomic mass is 16.5. The third-order valence-corrected chi connectivity index (χ3v) is 3.76. The van der Waals surface area contributed by atoms with Gasteiger partial charge in [0.1, 0.15) is 12.4 Å². The summed E-state index contributed by atoms with van der Waals surface area (Å²) in [5, 5.41) is 3.59. The van der Waals surface area contributed by atoms with E-state index in [0.717, 1.165) is 24.3 Å². The second kappa shape index (κ2) is 7.50. The van der Waals surface area contributed by atoms with Gasteiger partial charge in [-0.3, -0.25) is 0 Å². The van der Waals surface area contributed by atoms with Crippen molar-refractivity contribution in [1.29, 1.82) is 0 Å². The normalized spacial score (nSPS) is 22.6. The molecule has 112 valence electrons. The summed E-state index contributed by atoms with van der Waals surface area (Å²) in [5.41, 5.74) is 8.31. The van der Waals surface area contributed by atoms with Crippen LogP contribution in [-0.4, -0.2) is 32.4 Å². The molecule has 4 nitrogen and oxygen atoms in total. The molecule has 2 unspecified atom stereocenters. The fourth-order valence-electron chi connectivity index (χ4n) is 2.68. The van der Waals surface area contributed by atoms with E-state index in [1.807, 2.05) is 0 Å². The van der Waals surface area contributed by atoms with Gasteiger partial charge < -0.3 is 20.5 Å². The minimum absolute atomic E-state index is 0.324. The van der Waals surface area contributed by atoms with Gasteiger partial charge in [-0.05, 0) is 50.3 Å². The summed E-state index contributed by atoms with van der Waals surface area (Å²) in [6.07, 6.45) is 4.55. The maximum absolute atomic E-state index is 6.05. The van der Waals surface area contributed by atoms with E-state index in [1.165, 1.54) is 18.4 Å². The van der Waals surface area contributed by atoms with Crippen molar-refractivity contribution in [2.24, 2.45) is 5.73 Å². The van der Waals surface area contributed by atoms with Gasteiger partial charge in [0, 0.05) is 19.2 Å². The lowest BCUT2D eigenvalue weighted by Gasteiger charge is -2.29. The molecule has 0 spiro atoms. The summed E-state index contributed by atoms with van der Waals surface area (Å²) in [6, 6.07) is 7.04. The molecule has 2 atom stereocenters. The Morgan fingerprint density at radius 1 is 1.30 bits per heavy atom. The van der Waals surface area contributed by atoms with Crippen molar-refractivity contribution in [2.45, 2.75) is 44.7 Å². The number of anilines is 1. The van der Waals surface area contributed by atoms with Crippen LogP contribution in [0.4, 0.5) is 5.69 Å². The van der Waals surface area contributed by atoms with E-state index in [1.54, 1.807) is 7.11 Å². The van der Waals surface area contributed by atoms with Crippen LogP contribution >= 0.6 is 0 Å². The Balaban J connectivity index is 2.01. The minimum atomic E-state index is 0.324. The van der Waals surface area contributed by atoms with E-state index in [0.29, 0.717) is 25.3 Å². The largest absolute Gasteiger partial charge is 0.489 e. The topological polar surface area (TPSA) is 56.5 Å². The first-order chi connectivity index (χ1) is 9.69. The molecule has 0 saturated heterocycles. The molecule has 1 fully saturated rings. The molecule has 0 aromatic heterocycles. The van der Waals surface area contributed by atoms with Gasteiger partial charge in [0.25, 0.3) is 0 Å². The second-order valence-electron chi connectivity index (χ2n) is 5.61. The number of hydrogen-bond donors (Lipinski definition) is 2. The van der Waals surface area contributed by atoms with E-state index in [-0.39, 0.29) is 0 Å². The van der Waals surface area contributed by atoms with Crippen LogP contribution in [-0.2, 0) is 4.74 Å². The molecule has 1 aliphatic rings. The third kappa shape index (κ3) is 4.39. The van der Waals surface area contributed by atoms with E-state index in [4.69, 9.17) is 15.2 Å². The quantitative estimate of drug-likeness (QED) is 0.786. The lowest BCUT2D eigenvalue weighted by Crippen LogP contribution is -2.35. The molecule has 20 heavy (non-hydrogen) atoms. The molecule has 1 aliphatic carbocycles. The zero-order valence-corrected chi connectivity index (χ0v) is 12.5. The first kappa shape index (κ1) is 15.1. The lowest BCUT2D eigenvalue weighted by molar-refractivity contribution is 0.146. The molecular weight excluding hydrogens is 252 g/mol. The Hall–Kier alpha value is -1.26. The van der Waals surface area contributed by atoms with E-state index < -0.39 is 0 Å². The Labute approximate surface area is 121 Å². The molecule has 2 rings (SSSR count). The number of rotatable bonds is 6. The Morgan fingerprint density at radius 3 is 2.90 bits per heavy atom. The van der Waals surface area contributed by atoms with Crippen molar-refractivity contribution in [3.63, 3.8) is 0 Å². The standard InChI is InChI=1S/C16H26N2O2/c1-12-6-7-15(16(10-12)20-9-8-19-2)18-14-5-3-4-13(17)11-14/h6-7,10,13-14,18H,3-5,8-9,11,17H2,1-2H3. The Kier molecular flexibility index (Phi) is 5.68. The first-order valence-electron chi connectivity index (χ1n) is 7.43. The number of aryl methyl sites for hydroxylation is 1. The average molecular weight is 278 g/mol. The number of nitrogens with one attached hydrogen (secondary N) is 1. The summed E-state index contributed by atoms with van der Waals surface area (Å²) in [5.74, 6) is 0.904. The van der Waals surface area contributed by atoms with Crippen molar-refractivity contribution >= 4 is 5.69 Å². The molecule has 1 saturated carbocycles. The van der Waals surface area contributed by atoms with Crippen LogP contribution in [0.15, 0.2) is 18.2 Å². The maximum Gasteiger partial charge on any atom is 0.142 e. The second-order valence-corrected chi connectivity index (χ2v) is 5.61. The van der Waals surface area contributed by atoms with E-state index in [9.17, 15) is 0 Å². The highest BCUT2D eigenvalue weighted by molar-refractivity contribution is 5.58. The van der Waals surface area contributed by atoms with Crippen LogP contribution in [0.1, 0.15) is 31.2 Å². The van der Waals surface area contributed by atoms with E-state index >= 15 is 0 Å². The molecule has 4 heteroatoms. The molecule has 0 heterocycles. The van der Waals surface area contributed by atoms with Crippen molar-refractivity contribution in [2.75, 3.05) is 25.6 Å². The molecule has 1 aromatic rings. The van der Waals surface area contributed by atoms with Crippen molar-refractivity contribution in [3.05, 3.63) is 23.8 Å². The van der Waals surface area contributed by atoms with Crippen LogP contribution in [0, 0.1) is 6.92 Å². The highest BCUT2D eigenvalue weighted by Crippen LogP contribution is 2.29. The van der Waals surface area contributed by atoms with Crippen molar-refractivity contribution < 1.29 is 9.47 Å². The van der Waals surface area contributed by atoms with Gasteiger partial charge in [-0.2, -0.15) is 0 Å². The van der Waals surface area contributed by atoms with Crippen LogP contribution in [0.5, 0.6) is 5.75 Å². The van der Waals surface area contributed by atoms with Crippen LogP contribution in [0.3, 0.4) is 0 Å². The predicted molar refractivity (Wildman–Crippen MR) is 82.4 cm³/mol. The fraction of sp³-hybridized carbons (Fsp3) is 0.625. The average Bonchev–Trinajstić information content (AvgIpc) is 2.42. The molecule has 0 amide bonds. The molecule has 0 bridgehead atoms. The first-order valence-corrected chi connectivity index (χ1v) is 7.43. The summed E-state index contributed by atoms with van der Waals surface area (Å²) < 4.78 is 10.8. The summed E-state index contributed by atoms with van der Waals surface area (Å²) in [4.78, 5) is 0. The highest BCUT2D eigenvalue weighted by Gasteiger charge is 2.20. The molecule has 3 N–H and O–H groups in total. The zero-order chi connectivity index (χ0) is 14.4. The summed E-state index contributed by atoms with van der Waals surface area (Å²) in [6.45, 7) is 3.24. The summed E-state index contributed by atoms with van der Waals surface area (Å²) in [7, 11) is 1.68. The Bertz CT molecular complexity index is 423. The van der Waals surface area contributed by atoms with Gasteiger partial charge in [-0.25, -0.2) is 0 Å². The van der Waals surface area contributed by atoms with Crippen LogP contribution in [0.2, 0.25) is 0 Å². The SMILES string of the molecule is COCCOc1cc(C)ccc1NC1CCCC(N)C1. The monoisotopic (exact) mass is 278 g/mol. The maximum atomic E-state index is 6.05. The molecular formula is C16H26N2O2. The van der Waals surface area contributed by atoms with Gasteiger partial charge in [0.05, 0.1) is 12.3 Å². The van der Waals surface area contributed by atoms with Crippen molar-refractivity contribution in [1.82, 2.24) is 0 Å². The van der Waals surface area contributed by atoms with Gasteiger partial charge in [0.2, 0.25) is 0 Å². The van der Waals surface area contributed by atoms with E-state index in [2.05, 4.69) is 30.4 Å². The number of nitrogens with two attached hydrogens (primary N) is 1. The zero-order valence-electron chi connectivity index (χ0n) is 12.5. The van der Waals surface area contributed by atoms with Gasteiger partial charge >= 0.3 is 0 Å². The van der Waals surface area contributed by atoms with Gasteiger partial charge in [0.15, 0.2) is 0 Å². The summed E-state index contributed by atoms with van der Waals surface area (Å²) >= 11 is 0. The van der Waals surface area contributed by atoms with Crippen LogP contribution < -0.4 is 15.8 Å². The van der Waals surface area contributed by atoms with Crippen LogP contribution in [0.25, 0.3) is 0 Å². The lowest BCUT2D eigenvalue weighted by atomic mass is 9.91. The predicted octanol–water partition coefficient (Wildman–Crippen LogP) is 2.70. The Morgan fingerprint density at radius 2 is 2.15 bits per heavy atom. The number of hydrogen-bond acceptors (Lipinski definition) is 4. The number of ether oxygens (including phenoxy) is 2. The molecule has 0 radical (unpaired) electrons. The molecule has 0 aliphatic heterocycles. The number of benzene rings is 1. The third-order valence-electron chi connectivity index (χ3n) is 3.76. The van der Waals surface area contributed by atoms with Gasteiger partial charge in [-0.15, -0.1) is 0 Å². The number of methoxy groups -OCH3 is 1.